The lowest BCUT2D eigenvalue weighted by atomic mass is 9.75. The van der Waals surface area contributed by atoms with Crippen molar-refractivity contribution in [2.24, 2.45) is 0 Å². The summed E-state index contributed by atoms with van der Waals surface area (Å²) in [6, 6.07) is 10.3. The maximum Gasteiger partial charge on any atom is 0.0825 e. The van der Waals surface area contributed by atoms with Gasteiger partial charge in [0.25, 0.3) is 0 Å². The minimum Gasteiger partial charge on any atom is -0.0674 e. The lowest BCUT2D eigenvalue weighted by molar-refractivity contribution is 0.553. The SMILES string of the molecule is CC(C)(C)c1cc(C(C)(C)C)c(P=CP(c2c(C(C)(C)C)cc(C(C)(C)C)cc2C(C)(C)C)[Si](C)(C)C)c(C(C)(C)C)c1. The van der Waals surface area contributed by atoms with Crippen LogP contribution >= 0.6 is 15.7 Å². The summed E-state index contributed by atoms with van der Waals surface area (Å²) in [5, 5.41) is 3.22. The van der Waals surface area contributed by atoms with Crippen LogP contribution in [-0.2, 0) is 32.5 Å². The third kappa shape index (κ3) is 9.40. The van der Waals surface area contributed by atoms with E-state index in [1.807, 2.05) is 0 Å². The molecule has 0 saturated carbocycles. The zero-order chi connectivity index (χ0) is 33.9. The molecule has 1 unspecified atom stereocenters. The minimum atomic E-state index is -1.63. The summed E-state index contributed by atoms with van der Waals surface area (Å²) < 4.78 is 0. The Hall–Kier alpha value is -0.743. The van der Waals surface area contributed by atoms with Gasteiger partial charge < -0.3 is 0 Å². The second-order valence-electron chi connectivity index (χ2n) is 20.1. The van der Waals surface area contributed by atoms with E-state index in [2.05, 4.69) is 174 Å². The summed E-state index contributed by atoms with van der Waals surface area (Å²) in [7, 11) is -0.716. The van der Waals surface area contributed by atoms with Crippen LogP contribution < -0.4 is 10.6 Å². The van der Waals surface area contributed by atoms with Crippen molar-refractivity contribution in [3.8, 4) is 0 Å². The maximum absolute atomic E-state index is 2.80. The summed E-state index contributed by atoms with van der Waals surface area (Å²) in [5.41, 5.74) is 12.4. The Kier molecular flexibility index (Phi) is 10.8. The van der Waals surface area contributed by atoms with Gasteiger partial charge in [-0.25, -0.2) is 0 Å². The molecule has 0 aliphatic heterocycles. The number of hydrogen-bond donors (Lipinski definition) is 0. The predicted octanol–water partition coefficient (Wildman–Crippen LogP) is 12.4. The largest absolute Gasteiger partial charge is 0.0825 e. The lowest BCUT2D eigenvalue weighted by Gasteiger charge is -2.39. The Morgan fingerprint density at radius 1 is 0.465 bits per heavy atom. The van der Waals surface area contributed by atoms with Crippen LogP contribution in [0.5, 0.6) is 0 Å². The molecule has 242 valence electrons. The van der Waals surface area contributed by atoms with E-state index >= 15 is 0 Å². The van der Waals surface area contributed by atoms with E-state index in [0.29, 0.717) is 0 Å². The average Bonchev–Trinajstić information content (AvgIpc) is 2.73. The van der Waals surface area contributed by atoms with Gasteiger partial charge in [0, 0.05) is 5.30 Å². The molecule has 2 aromatic rings. The monoisotopic (exact) mass is 638 g/mol. The minimum absolute atomic E-state index is 0.0703. The predicted molar refractivity (Wildman–Crippen MR) is 208 cm³/mol. The molecular formula is C40H68P2Si. The van der Waals surface area contributed by atoms with Crippen molar-refractivity contribution in [3.63, 3.8) is 0 Å². The summed E-state index contributed by atoms with van der Waals surface area (Å²) in [4.78, 5) is 0. The van der Waals surface area contributed by atoms with E-state index in [9.17, 15) is 0 Å². The highest BCUT2D eigenvalue weighted by molar-refractivity contribution is 8.13. The van der Waals surface area contributed by atoms with Gasteiger partial charge in [0.2, 0.25) is 0 Å². The third-order valence-corrected chi connectivity index (χ3v) is 19.0. The lowest BCUT2D eigenvalue weighted by Crippen LogP contribution is -2.36. The smallest absolute Gasteiger partial charge is 0.0674 e. The van der Waals surface area contributed by atoms with Crippen LogP contribution in [-0.4, -0.2) is 13.3 Å². The Morgan fingerprint density at radius 3 is 0.977 bits per heavy atom. The number of benzene rings is 2. The third-order valence-electron chi connectivity index (χ3n) is 8.45. The van der Waals surface area contributed by atoms with Crippen molar-refractivity contribution in [3.05, 3.63) is 57.6 Å². The quantitative estimate of drug-likeness (QED) is 0.231. The van der Waals surface area contributed by atoms with Crippen molar-refractivity contribution in [1.82, 2.24) is 0 Å². The highest BCUT2D eigenvalue weighted by atomic mass is 31.4. The normalized spacial score (nSPS) is 15.4. The molecule has 0 N–H and O–H groups in total. The van der Waals surface area contributed by atoms with E-state index < -0.39 is 15.2 Å². The molecule has 0 nitrogen and oxygen atoms in total. The molecule has 1 atom stereocenters. The summed E-state index contributed by atoms with van der Waals surface area (Å²) in [5.74, 6) is 0. The zero-order valence-corrected chi connectivity index (χ0v) is 35.1. The molecule has 2 aromatic carbocycles. The Balaban J connectivity index is 3.14. The van der Waals surface area contributed by atoms with Gasteiger partial charge in [-0.2, -0.15) is 0 Å². The van der Waals surface area contributed by atoms with E-state index in [4.69, 9.17) is 0 Å². The number of rotatable bonds is 4. The van der Waals surface area contributed by atoms with Gasteiger partial charge >= 0.3 is 0 Å². The van der Waals surface area contributed by atoms with Gasteiger partial charge in [-0.1, -0.05) is 184 Å². The Labute approximate surface area is 273 Å². The maximum atomic E-state index is 2.80. The fraction of sp³-hybridized carbons (Fsp3) is 0.675. The first-order valence-corrected chi connectivity index (χ1v) is 23.2. The molecule has 0 aromatic heterocycles. The van der Waals surface area contributed by atoms with E-state index in [1.54, 1.807) is 21.7 Å². The van der Waals surface area contributed by atoms with Gasteiger partial charge in [0.05, 0.1) is 7.74 Å². The molecule has 43 heavy (non-hydrogen) atoms. The molecule has 0 amide bonds. The van der Waals surface area contributed by atoms with Gasteiger partial charge in [-0.05, 0) is 76.7 Å². The van der Waals surface area contributed by atoms with Crippen LogP contribution in [0, 0.1) is 0 Å². The summed E-state index contributed by atoms with van der Waals surface area (Å²) in [6.07, 6.45) is 0. The molecule has 3 heteroatoms. The molecule has 0 radical (unpaired) electrons. The van der Waals surface area contributed by atoms with E-state index in [-0.39, 0.29) is 32.5 Å². The summed E-state index contributed by atoms with van der Waals surface area (Å²) >= 11 is 0. The molecule has 0 saturated heterocycles. The van der Waals surface area contributed by atoms with Crippen LogP contribution in [0.25, 0.3) is 0 Å². The van der Waals surface area contributed by atoms with E-state index in [0.717, 1.165) is 0 Å². The summed E-state index contributed by atoms with van der Waals surface area (Å²) in [6.45, 7) is 51.0. The van der Waals surface area contributed by atoms with E-state index in [1.165, 1.54) is 30.5 Å². The fourth-order valence-corrected chi connectivity index (χ4v) is 17.7. The van der Waals surface area contributed by atoms with Crippen molar-refractivity contribution in [2.45, 2.75) is 177 Å². The molecule has 0 bridgehead atoms. The first-order chi connectivity index (χ1) is 18.8. The van der Waals surface area contributed by atoms with Crippen LogP contribution in [0.1, 0.15) is 158 Å². The van der Waals surface area contributed by atoms with Crippen LogP contribution in [0.15, 0.2) is 24.3 Å². The number of hydrogen-bond acceptors (Lipinski definition) is 0. The molecule has 0 fully saturated rings. The fourth-order valence-electron chi connectivity index (χ4n) is 5.50. The van der Waals surface area contributed by atoms with Gasteiger partial charge in [-0.3, -0.25) is 0 Å². The standard InChI is InChI=1S/C40H68P2Si/c1-35(2,3)27-22-29(37(7,8)9)33(30(23-27)38(10,11)12)41-26-42(43(19,20)21)34-31(39(13,14)15)24-28(36(4,5)6)25-32(34)40(16,17)18/h22-26H,1-21H3. The molecule has 0 spiro atoms. The molecule has 0 heterocycles. The van der Waals surface area contributed by atoms with Crippen molar-refractivity contribution >= 4 is 39.6 Å². The second kappa shape index (κ2) is 12.1. The van der Waals surface area contributed by atoms with Crippen molar-refractivity contribution < 1.29 is 0 Å². The first-order valence-electron chi connectivity index (χ1n) is 16.5. The van der Waals surface area contributed by atoms with Crippen molar-refractivity contribution in [2.75, 3.05) is 0 Å². The van der Waals surface area contributed by atoms with Crippen LogP contribution in [0.3, 0.4) is 0 Å². The molecule has 0 aliphatic rings. The first kappa shape index (κ1) is 38.4. The zero-order valence-electron chi connectivity index (χ0n) is 32.3. The van der Waals surface area contributed by atoms with Crippen molar-refractivity contribution in [1.29, 1.82) is 0 Å². The molecule has 2 rings (SSSR count). The average molecular weight is 639 g/mol. The highest BCUT2D eigenvalue weighted by Crippen LogP contribution is 2.50. The highest BCUT2D eigenvalue weighted by Gasteiger charge is 2.37. The Morgan fingerprint density at radius 2 is 0.744 bits per heavy atom. The van der Waals surface area contributed by atoms with Crippen LogP contribution in [0.4, 0.5) is 0 Å². The van der Waals surface area contributed by atoms with Gasteiger partial charge in [0.15, 0.2) is 0 Å². The Bertz CT molecular complexity index is 1260. The second-order valence-corrected chi connectivity index (χ2v) is 32.8. The van der Waals surface area contributed by atoms with Crippen LogP contribution in [0.2, 0.25) is 19.6 Å². The molecule has 0 aliphatic carbocycles. The molecular weight excluding hydrogens is 570 g/mol. The van der Waals surface area contributed by atoms with Gasteiger partial charge in [0.1, 0.15) is 0 Å². The van der Waals surface area contributed by atoms with Gasteiger partial charge in [-0.15, -0.1) is 0 Å². The topological polar surface area (TPSA) is 0 Å².